The number of isothiocyanates is 1. The highest BCUT2D eigenvalue weighted by Gasteiger charge is 2.16. The summed E-state index contributed by atoms with van der Waals surface area (Å²) >= 11 is 4.49. The molecule has 1 amide bonds. The first-order chi connectivity index (χ1) is 6.29. The van der Waals surface area contributed by atoms with Crippen molar-refractivity contribution >= 4 is 34.7 Å². The molecule has 0 bridgehead atoms. The molecule has 3 nitrogen and oxygen atoms in total. The van der Waals surface area contributed by atoms with E-state index >= 15 is 0 Å². The van der Waals surface area contributed by atoms with Crippen LogP contribution in [0.5, 0.6) is 0 Å². The van der Waals surface area contributed by atoms with Crippen molar-refractivity contribution in [3.8, 4) is 0 Å². The molecule has 1 aromatic carbocycles. The Kier molecular flexibility index (Phi) is 1.93. The molecule has 0 saturated carbocycles. The van der Waals surface area contributed by atoms with Crippen molar-refractivity contribution in [3.63, 3.8) is 0 Å². The highest BCUT2D eigenvalue weighted by molar-refractivity contribution is 7.78. The number of nitrogens with zero attached hydrogens (tertiary/aromatic N) is 1. The molecule has 0 aromatic heterocycles. The molecule has 2 rings (SSSR count). The van der Waals surface area contributed by atoms with Crippen LogP contribution in [0, 0.1) is 0 Å². The molecule has 0 atom stereocenters. The van der Waals surface area contributed by atoms with Gasteiger partial charge in [-0.15, -0.1) is 0 Å². The van der Waals surface area contributed by atoms with Crippen LogP contribution >= 0.6 is 12.2 Å². The fourth-order valence-electron chi connectivity index (χ4n) is 1.34. The van der Waals surface area contributed by atoms with Crippen LogP contribution < -0.4 is 5.32 Å². The molecule has 13 heavy (non-hydrogen) atoms. The minimum atomic E-state index is 0.0264. The van der Waals surface area contributed by atoms with E-state index in [1.165, 1.54) is 0 Å². The molecule has 0 aliphatic carbocycles. The Hall–Kier alpha value is -1.51. The number of amides is 1. The van der Waals surface area contributed by atoms with Crippen molar-refractivity contribution in [1.82, 2.24) is 0 Å². The third kappa shape index (κ3) is 1.49. The van der Waals surface area contributed by atoms with Gasteiger partial charge < -0.3 is 5.32 Å². The number of fused-ring (bicyclic) bond motifs is 1. The van der Waals surface area contributed by atoms with Crippen molar-refractivity contribution < 1.29 is 4.79 Å². The second-order valence-corrected chi connectivity index (χ2v) is 2.95. The van der Waals surface area contributed by atoms with Gasteiger partial charge in [-0.05, 0) is 36.0 Å². The summed E-state index contributed by atoms with van der Waals surface area (Å²) in [6.45, 7) is 0. The summed E-state index contributed by atoms with van der Waals surface area (Å²) in [7, 11) is 0. The average molecular weight is 190 g/mol. The van der Waals surface area contributed by atoms with Gasteiger partial charge in [-0.3, -0.25) is 4.79 Å². The van der Waals surface area contributed by atoms with Crippen LogP contribution in [-0.4, -0.2) is 11.1 Å². The summed E-state index contributed by atoms with van der Waals surface area (Å²) in [5.41, 5.74) is 2.58. The van der Waals surface area contributed by atoms with Gasteiger partial charge in [0.05, 0.1) is 17.3 Å². The van der Waals surface area contributed by atoms with E-state index in [1.807, 2.05) is 12.1 Å². The summed E-state index contributed by atoms with van der Waals surface area (Å²) in [6, 6.07) is 5.46. The third-order valence-corrected chi connectivity index (χ3v) is 1.98. The predicted octanol–water partition coefficient (Wildman–Crippen LogP) is 1.92. The number of hydrogen-bond donors (Lipinski definition) is 1. The van der Waals surface area contributed by atoms with Gasteiger partial charge in [-0.25, -0.2) is 0 Å². The van der Waals surface area contributed by atoms with E-state index < -0.39 is 0 Å². The predicted molar refractivity (Wildman–Crippen MR) is 53.5 cm³/mol. The van der Waals surface area contributed by atoms with E-state index in [4.69, 9.17) is 0 Å². The number of nitrogens with one attached hydrogen (secondary N) is 1. The molecule has 0 spiro atoms. The SMILES string of the molecule is O=C1Cc2cc(N=C=S)ccc2N1. The van der Waals surface area contributed by atoms with Crippen LogP contribution in [-0.2, 0) is 11.2 Å². The third-order valence-electron chi connectivity index (χ3n) is 1.89. The standard InChI is InChI=1S/C9H6N2OS/c12-9-4-6-3-7(10-5-13)1-2-8(6)11-9/h1-3H,4H2,(H,11,12). The van der Waals surface area contributed by atoms with E-state index in [-0.39, 0.29) is 5.91 Å². The van der Waals surface area contributed by atoms with Gasteiger partial charge in [-0.2, -0.15) is 4.99 Å². The maximum Gasteiger partial charge on any atom is 0.228 e. The van der Waals surface area contributed by atoms with Gasteiger partial charge in [0.15, 0.2) is 0 Å². The fourth-order valence-corrected chi connectivity index (χ4v) is 1.44. The molecule has 1 aromatic rings. The normalized spacial score (nSPS) is 13.1. The van der Waals surface area contributed by atoms with Crippen LogP contribution in [0.1, 0.15) is 5.56 Å². The van der Waals surface area contributed by atoms with Crippen molar-refractivity contribution in [2.45, 2.75) is 6.42 Å². The first kappa shape index (κ1) is 8.10. The fraction of sp³-hybridized carbons (Fsp3) is 0.111. The largest absolute Gasteiger partial charge is 0.326 e. The number of carbonyl (C=O) groups is 1. The van der Waals surface area contributed by atoms with Gasteiger partial charge in [0.2, 0.25) is 5.91 Å². The Morgan fingerprint density at radius 1 is 1.54 bits per heavy atom. The molecule has 1 aliphatic heterocycles. The Balaban J connectivity index is 2.45. The van der Waals surface area contributed by atoms with Crippen LogP contribution in [0.3, 0.4) is 0 Å². The quantitative estimate of drug-likeness (QED) is 0.543. The van der Waals surface area contributed by atoms with Crippen LogP contribution in [0.15, 0.2) is 23.2 Å². The van der Waals surface area contributed by atoms with E-state index in [1.54, 1.807) is 6.07 Å². The minimum Gasteiger partial charge on any atom is -0.326 e. The summed E-state index contributed by atoms with van der Waals surface area (Å²) in [6.07, 6.45) is 0.427. The molecule has 64 valence electrons. The van der Waals surface area contributed by atoms with Crippen LogP contribution in [0.25, 0.3) is 0 Å². The van der Waals surface area contributed by atoms with E-state index in [9.17, 15) is 4.79 Å². The number of benzene rings is 1. The van der Waals surface area contributed by atoms with Gasteiger partial charge in [0, 0.05) is 5.69 Å². The second-order valence-electron chi connectivity index (χ2n) is 2.77. The van der Waals surface area contributed by atoms with Crippen molar-refractivity contribution in [2.75, 3.05) is 5.32 Å². The number of carbonyl (C=O) groups excluding carboxylic acids is 1. The lowest BCUT2D eigenvalue weighted by molar-refractivity contribution is -0.115. The topological polar surface area (TPSA) is 41.5 Å². The molecular weight excluding hydrogens is 184 g/mol. The van der Waals surface area contributed by atoms with Crippen molar-refractivity contribution in [1.29, 1.82) is 0 Å². The molecule has 0 radical (unpaired) electrons. The maximum absolute atomic E-state index is 11.0. The highest BCUT2D eigenvalue weighted by atomic mass is 32.1. The molecule has 4 heteroatoms. The van der Waals surface area contributed by atoms with Crippen LogP contribution in [0.2, 0.25) is 0 Å². The van der Waals surface area contributed by atoms with Gasteiger partial charge in [0.1, 0.15) is 0 Å². The Bertz CT molecular complexity index is 422. The highest BCUT2D eigenvalue weighted by Crippen LogP contribution is 2.26. The maximum atomic E-state index is 11.0. The van der Waals surface area contributed by atoms with Gasteiger partial charge in [-0.1, -0.05) is 0 Å². The number of anilines is 1. The van der Waals surface area contributed by atoms with Crippen molar-refractivity contribution in [2.24, 2.45) is 4.99 Å². The number of rotatable bonds is 1. The van der Waals surface area contributed by atoms with E-state index in [2.05, 4.69) is 27.7 Å². The smallest absolute Gasteiger partial charge is 0.228 e. The molecule has 0 fully saturated rings. The Labute approximate surface area is 80.5 Å². The van der Waals surface area contributed by atoms with Gasteiger partial charge >= 0.3 is 0 Å². The summed E-state index contributed by atoms with van der Waals surface area (Å²) < 4.78 is 0. The first-order valence-electron chi connectivity index (χ1n) is 3.80. The minimum absolute atomic E-state index is 0.0264. The van der Waals surface area contributed by atoms with Gasteiger partial charge in [0.25, 0.3) is 0 Å². The molecule has 0 saturated heterocycles. The van der Waals surface area contributed by atoms with E-state index in [0.29, 0.717) is 6.42 Å². The van der Waals surface area contributed by atoms with E-state index in [0.717, 1.165) is 16.9 Å². The zero-order valence-corrected chi connectivity index (χ0v) is 7.52. The number of aliphatic imine (C=N–C) groups is 1. The first-order valence-corrected chi connectivity index (χ1v) is 4.21. The number of hydrogen-bond acceptors (Lipinski definition) is 3. The molecular formula is C9H6N2OS. The Morgan fingerprint density at radius 3 is 3.15 bits per heavy atom. The Morgan fingerprint density at radius 2 is 2.38 bits per heavy atom. The zero-order valence-electron chi connectivity index (χ0n) is 6.70. The number of thiocarbonyl (C=S) groups is 1. The summed E-state index contributed by atoms with van der Waals surface area (Å²) in [4.78, 5) is 14.8. The molecule has 1 N–H and O–H groups in total. The van der Waals surface area contributed by atoms with Crippen molar-refractivity contribution in [3.05, 3.63) is 23.8 Å². The average Bonchev–Trinajstić information content (AvgIpc) is 2.44. The lowest BCUT2D eigenvalue weighted by Crippen LogP contribution is -2.03. The lowest BCUT2D eigenvalue weighted by Gasteiger charge is -1.97. The lowest BCUT2D eigenvalue weighted by atomic mass is 10.1. The molecule has 0 unspecified atom stereocenters. The monoisotopic (exact) mass is 190 g/mol. The summed E-state index contributed by atoms with van der Waals surface area (Å²) in [5.74, 6) is 0.0264. The summed E-state index contributed by atoms with van der Waals surface area (Å²) in [5, 5.41) is 5.03. The molecule has 1 heterocycles. The molecule has 1 aliphatic rings. The zero-order chi connectivity index (χ0) is 9.26. The second kappa shape index (κ2) is 3.09. The van der Waals surface area contributed by atoms with Crippen LogP contribution in [0.4, 0.5) is 11.4 Å².